The van der Waals surface area contributed by atoms with Gasteiger partial charge in [-0.1, -0.05) is 12.5 Å². The van der Waals surface area contributed by atoms with E-state index in [1.54, 1.807) is 0 Å². The highest BCUT2D eigenvalue weighted by Gasteiger charge is 2.20. The van der Waals surface area contributed by atoms with Gasteiger partial charge in [-0.05, 0) is 44.4 Å². The first-order valence-electron chi connectivity index (χ1n) is 8.20. The van der Waals surface area contributed by atoms with Crippen LogP contribution in [0, 0.1) is 0 Å². The van der Waals surface area contributed by atoms with Gasteiger partial charge in [-0.15, -0.1) is 12.4 Å². The second kappa shape index (κ2) is 9.11. The molecule has 2 saturated heterocycles. The van der Waals surface area contributed by atoms with E-state index in [2.05, 4.69) is 10.6 Å². The average Bonchev–Trinajstić information content (AvgIpc) is 3.08. The summed E-state index contributed by atoms with van der Waals surface area (Å²) in [7, 11) is 0. The number of anilines is 1. The Balaban J connectivity index is 0.00000192. The monoisotopic (exact) mass is 340 g/mol. The van der Waals surface area contributed by atoms with Gasteiger partial charge in [0.2, 0.25) is 5.91 Å². The zero-order valence-electron chi connectivity index (χ0n) is 13.3. The summed E-state index contributed by atoms with van der Waals surface area (Å²) >= 11 is 0. The lowest BCUT2D eigenvalue weighted by molar-refractivity contribution is -0.118. The Bertz CT molecular complexity index is 500. The lowest BCUT2D eigenvalue weighted by Crippen LogP contribution is -2.43. The molecule has 3 rings (SSSR count). The molecule has 2 fully saturated rings. The number of amides is 1. The van der Waals surface area contributed by atoms with Gasteiger partial charge in [0, 0.05) is 18.4 Å². The van der Waals surface area contributed by atoms with Gasteiger partial charge in [0.15, 0.2) is 0 Å². The number of benzene rings is 1. The summed E-state index contributed by atoms with van der Waals surface area (Å²) in [6, 6.07) is 7.48. The highest BCUT2D eigenvalue weighted by atomic mass is 35.5. The average molecular weight is 341 g/mol. The molecular weight excluding hydrogens is 316 g/mol. The third kappa shape index (κ3) is 5.37. The Morgan fingerprint density at radius 3 is 2.96 bits per heavy atom. The minimum Gasteiger partial charge on any atom is -0.491 e. The first-order valence-corrected chi connectivity index (χ1v) is 8.20. The van der Waals surface area contributed by atoms with E-state index < -0.39 is 0 Å². The standard InChI is InChI=1S/C17H24N2O3.ClH/c20-17(16-8-1-2-9-18-16)19-13-5-3-6-14(11-13)22-12-15-7-4-10-21-15;/h3,5-6,11,15-16,18H,1-2,4,7-10,12H2,(H,19,20);1H. The first kappa shape index (κ1) is 18.0. The van der Waals surface area contributed by atoms with Gasteiger partial charge < -0.3 is 20.1 Å². The lowest BCUT2D eigenvalue weighted by atomic mass is 10.0. The number of halogens is 1. The van der Waals surface area contributed by atoms with Crippen LogP contribution in [0.4, 0.5) is 5.69 Å². The molecule has 0 radical (unpaired) electrons. The highest BCUT2D eigenvalue weighted by molar-refractivity contribution is 5.95. The second-order valence-electron chi connectivity index (χ2n) is 5.97. The van der Waals surface area contributed by atoms with Crippen molar-refractivity contribution in [2.45, 2.75) is 44.2 Å². The van der Waals surface area contributed by atoms with Crippen molar-refractivity contribution < 1.29 is 14.3 Å². The largest absolute Gasteiger partial charge is 0.491 e. The van der Waals surface area contributed by atoms with Crippen molar-refractivity contribution in [1.29, 1.82) is 0 Å². The number of carbonyl (C=O) groups is 1. The molecule has 23 heavy (non-hydrogen) atoms. The number of hydrogen-bond donors (Lipinski definition) is 2. The fourth-order valence-electron chi connectivity index (χ4n) is 2.93. The molecule has 2 aliphatic heterocycles. The van der Waals surface area contributed by atoms with E-state index in [-0.39, 0.29) is 30.5 Å². The van der Waals surface area contributed by atoms with Crippen LogP contribution in [0.15, 0.2) is 24.3 Å². The van der Waals surface area contributed by atoms with E-state index in [1.807, 2.05) is 24.3 Å². The molecule has 0 bridgehead atoms. The minimum atomic E-state index is -0.0785. The van der Waals surface area contributed by atoms with Crippen molar-refractivity contribution in [3.63, 3.8) is 0 Å². The molecule has 2 heterocycles. The van der Waals surface area contributed by atoms with E-state index in [0.29, 0.717) is 6.61 Å². The Hall–Kier alpha value is -1.30. The summed E-state index contributed by atoms with van der Waals surface area (Å²) in [6.07, 6.45) is 5.53. The number of ether oxygens (including phenoxy) is 2. The maximum Gasteiger partial charge on any atom is 0.241 e. The quantitative estimate of drug-likeness (QED) is 0.865. The van der Waals surface area contributed by atoms with Crippen LogP contribution in [0.3, 0.4) is 0 Å². The topological polar surface area (TPSA) is 59.6 Å². The summed E-state index contributed by atoms with van der Waals surface area (Å²) in [6.45, 7) is 2.32. The van der Waals surface area contributed by atoms with Crippen molar-refractivity contribution >= 4 is 24.0 Å². The number of hydrogen-bond acceptors (Lipinski definition) is 4. The SMILES string of the molecule is Cl.O=C(Nc1cccc(OCC2CCCO2)c1)C1CCCCN1. The molecule has 0 spiro atoms. The van der Waals surface area contributed by atoms with Crippen molar-refractivity contribution in [2.75, 3.05) is 25.1 Å². The molecule has 1 amide bonds. The van der Waals surface area contributed by atoms with Crippen LogP contribution in [0.25, 0.3) is 0 Å². The summed E-state index contributed by atoms with van der Waals surface area (Å²) in [5.41, 5.74) is 0.780. The van der Waals surface area contributed by atoms with E-state index in [4.69, 9.17) is 9.47 Å². The molecule has 6 heteroatoms. The van der Waals surface area contributed by atoms with Crippen molar-refractivity contribution in [2.24, 2.45) is 0 Å². The first-order chi connectivity index (χ1) is 10.8. The van der Waals surface area contributed by atoms with E-state index in [9.17, 15) is 4.79 Å². The lowest BCUT2D eigenvalue weighted by Gasteiger charge is -2.22. The van der Waals surface area contributed by atoms with Crippen LogP contribution in [0.5, 0.6) is 5.75 Å². The summed E-state index contributed by atoms with van der Waals surface area (Å²) in [5.74, 6) is 0.806. The van der Waals surface area contributed by atoms with Crippen LogP contribution >= 0.6 is 12.4 Å². The Morgan fingerprint density at radius 1 is 1.30 bits per heavy atom. The molecular formula is C17H25ClN2O3. The van der Waals surface area contributed by atoms with E-state index in [1.165, 1.54) is 0 Å². The Morgan fingerprint density at radius 2 is 2.22 bits per heavy atom. The van der Waals surface area contributed by atoms with Crippen molar-refractivity contribution in [3.05, 3.63) is 24.3 Å². The van der Waals surface area contributed by atoms with Crippen LogP contribution in [0.2, 0.25) is 0 Å². The molecule has 0 aliphatic carbocycles. The Labute approximate surface area is 143 Å². The van der Waals surface area contributed by atoms with Gasteiger partial charge in [-0.25, -0.2) is 0 Å². The van der Waals surface area contributed by atoms with Gasteiger partial charge in [0.25, 0.3) is 0 Å². The van der Waals surface area contributed by atoms with Gasteiger partial charge in [-0.2, -0.15) is 0 Å². The van der Waals surface area contributed by atoms with Gasteiger partial charge in [0.05, 0.1) is 12.1 Å². The van der Waals surface area contributed by atoms with Crippen LogP contribution in [-0.2, 0) is 9.53 Å². The molecule has 1 aromatic carbocycles. The van der Waals surface area contributed by atoms with Gasteiger partial charge in [-0.3, -0.25) is 4.79 Å². The third-order valence-electron chi connectivity index (χ3n) is 4.19. The molecule has 0 saturated carbocycles. The molecule has 0 aromatic heterocycles. The summed E-state index contributed by atoms with van der Waals surface area (Å²) in [4.78, 5) is 12.2. The number of nitrogens with one attached hydrogen (secondary N) is 2. The minimum absolute atomic E-state index is 0. The number of carbonyl (C=O) groups excluding carboxylic acids is 1. The summed E-state index contributed by atoms with van der Waals surface area (Å²) < 4.78 is 11.3. The fourth-order valence-corrected chi connectivity index (χ4v) is 2.93. The third-order valence-corrected chi connectivity index (χ3v) is 4.19. The highest BCUT2D eigenvalue weighted by Crippen LogP contribution is 2.20. The van der Waals surface area contributed by atoms with Crippen LogP contribution < -0.4 is 15.4 Å². The number of rotatable bonds is 5. The second-order valence-corrected chi connectivity index (χ2v) is 5.97. The predicted molar refractivity (Wildman–Crippen MR) is 92.4 cm³/mol. The zero-order chi connectivity index (χ0) is 15.2. The maximum atomic E-state index is 12.2. The molecule has 2 unspecified atom stereocenters. The van der Waals surface area contributed by atoms with Crippen molar-refractivity contribution in [1.82, 2.24) is 5.32 Å². The Kier molecular flexibility index (Phi) is 7.15. The predicted octanol–water partition coefficient (Wildman–Crippen LogP) is 2.75. The molecule has 128 valence electrons. The molecule has 1 aromatic rings. The van der Waals surface area contributed by atoms with Gasteiger partial charge in [0.1, 0.15) is 12.4 Å². The smallest absolute Gasteiger partial charge is 0.241 e. The zero-order valence-corrected chi connectivity index (χ0v) is 14.1. The van der Waals surface area contributed by atoms with Crippen molar-refractivity contribution in [3.8, 4) is 5.75 Å². The van der Waals surface area contributed by atoms with E-state index >= 15 is 0 Å². The maximum absolute atomic E-state index is 12.2. The molecule has 2 N–H and O–H groups in total. The van der Waals surface area contributed by atoms with E-state index in [0.717, 1.165) is 56.7 Å². The van der Waals surface area contributed by atoms with Gasteiger partial charge >= 0.3 is 0 Å². The molecule has 2 aliphatic rings. The fraction of sp³-hybridized carbons (Fsp3) is 0.588. The normalized spacial score (nSPS) is 23.8. The summed E-state index contributed by atoms with van der Waals surface area (Å²) in [5, 5.41) is 6.22. The molecule has 2 atom stereocenters. The van der Waals surface area contributed by atoms with Crippen LogP contribution in [0.1, 0.15) is 32.1 Å². The number of piperidine rings is 1. The molecule has 5 nitrogen and oxygen atoms in total. The van der Waals surface area contributed by atoms with Crippen LogP contribution in [-0.4, -0.2) is 37.8 Å².